The first kappa shape index (κ1) is 12.5. The minimum atomic E-state index is 0.207. The van der Waals surface area contributed by atoms with Crippen LogP contribution in [0, 0.1) is 0 Å². The Labute approximate surface area is 114 Å². The van der Waals surface area contributed by atoms with Gasteiger partial charge in [-0.3, -0.25) is 0 Å². The summed E-state index contributed by atoms with van der Waals surface area (Å²) in [6, 6.07) is 8.66. The van der Waals surface area contributed by atoms with E-state index in [2.05, 4.69) is 29.6 Å². The maximum atomic E-state index is 12.5. The van der Waals surface area contributed by atoms with Crippen LogP contribution in [0.3, 0.4) is 0 Å². The molecule has 19 heavy (non-hydrogen) atoms. The summed E-state index contributed by atoms with van der Waals surface area (Å²) in [5.41, 5.74) is 2.69. The molecule has 0 radical (unpaired) electrons. The second-order valence-electron chi connectivity index (χ2n) is 5.31. The van der Waals surface area contributed by atoms with Gasteiger partial charge in [-0.05, 0) is 30.5 Å². The number of carbonyl (C=O) groups excluding carboxylic acids is 1. The first-order valence-electron chi connectivity index (χ1n) is 7.16. The Morgan fingerprint density at radius 1 is 1.00 bits per heavy atom. The van der Waals surface area contributed by atoms with Gasteiger partial charge in [0.05, 0.1) is 0 Å². The normalized spacial score (nSPS) is 19.8. The van der Waals surface area contributed by atoms with E-state index < -0.39 is 0 Å². The second-order valence-corrected chi connectivity index (χ2v) is 5.31. The Bertz CT molecular complexity index is 452. The van der Waals surface area contributed by atoms with Crippen molar-refractivity contribution in [3.8, 4) is 0 Å². The molecule has 0 bridgehead atoms. The monoisotopic (exact) mass is 259 g/mol. The molecule has 3 rings (SSSR count). The number of carbonyl (C=O) groups is 1. The molecule has 0 spiro atoms. The number of benzene rings is 1. The molecule has 2 aliphatic rings. The highest BCUT2D eigenvalue weighted by atomic mass is 16.2. The van der Waals surface area contributed by atoms with Gasteiger partial charge in [0.2, 0.25) is 0 Å². The predicted molar refractivity (Wildman–Crippen MR) is 75.0 cm³/mol. The van der Waals surface area contributed by atoms with Crippen LogP contribution in [-0.4, -0.2) is 48.6 Å². The quantitative estimate of drug-likeness (QED) is 0.765. The third-order valence-electron chi connectivity index (χ3n) is 4.01. The van der Waals surface area contributed by atoms with Crippen molar-refractivity contribution in [1.82, 2.24) is 15.1 Å². The lowest BCUT2D eigenvalue weighted by molar-refractivity contribution is 0.150. The number of rotatable bonds is 0. The summed E-state index contributed by atoms with van der Waals surface area (Å²) in [7, 11) is 0. The molecule has 1 fully saturated rings. The van der Waals surface area contributed by atoms with Gasteiger partial charge in [-0.25, -0.2) is 4.79 Å². The molecule has 2 aliphatic heterocycles. The summed E-state index contributed by atoms with van der Waals surface area (Å²) in [5, 5.41) is 3.34. The summed E-state index contributed by atoms with van der Waals surface area (Å²) >= 11 is 0. The molecule has 102 valence electrons. The first-order valence-corrected chi connectivity index (χ1v) is 7.16. The maximum Gasteiger partial charge on any atom is 0.320 e. The van der Waals surface area contributed by atoms with Crippen molar-refractivity contribution >= 4 is 6.03 Å². The lowest BCUT2D eigenvalue weighted by atomic mass is 10.0. The fraction of sp³-hybridized carbons (Fsp3) is 0.533. The standard InChI is InChI=1S/C15H21N3O/c19-15(17-9-3-7-16-8-11-17)18-10-6-13-4-1-2-5-14(13)12-18/h1-2,4-5,16H,3,6-12H2. The number of nitrogens with zero attached hydrogens (tertiary/aromatic N) is 2. The molecule has 1 saturated heterocycles. The number of hydrogen-bond donors (Lipinski definition) is 1. The molecule has 4 nitrogen and oxygen atoms in total. The number of amides is 2. The van der Waals surface area contributed by atoms with E-state index >= 15 is 0 Å². The summed E-state index contributed by atoms with van der Waals surface area (Å²) in [4.78, 5) is 16.5. The summed E-state index contributed by atoms with van der Waals surface area (Å²) < 4.78 is 0. The Hall–Kier alpha value is -1.55. The highest BCUT2D eigenvalue weighted by Crippen LogP contribution is 2.19. The van der Waals surface area contributed by atoms with Gasteiger partial charge in [0.25, 0.3) is 0 Å². The van der Waals surface area contributed by atoms with E-state index in [0.29, 0.717) is 0 Å². The molecule has 1 aromatic carbocycles. The van der Waals surface area contributed by atoms with E-state index in [-0.39, 0.29) is 6.03 Å². The molecule has 0 aliphatic carbocycles. The molecule has 1 aromatic rings. The number of hydrogen-bond acceptors (Lipinski definition) is 2. The molecule has 0 saturated carbocycles. The summed E-state index contributed by atoms with van der Waals surface area (Å²) in [6.45, 7) is 5.25. The Balaban J connectivity index is 1.68. The van der Waals surface area contributed by atoms with Crippen LogP contribution in [0.2, 0.25) is 0 Å². The summed E-state index contributed by atoms with van der Waals surface area (Å²) in [6.07, 6.45) is 2.03. The summed E-state index contributed by atoms with van der Waals surface area (Å²) in [5.74, 6) is 0. The lowest BCUT2D eigenvalue weighted by Crippen LogP contribution is -2.46. The van der Waals surface area contributed by atoms with Crippen molar-refractivity contribution < 1.29 is 4.79 Å². The van der Waals surface area contributed by atoms with Crippen molar-refractivity contribution in [3.05, 3.63) is 35.4 Å². The molecule has 0 unspecified atom stereocenters. The van der Waals surface area contributed by atoms with E-state index in [9.17, 15) is 4.79 Å². The highest BCUT2D eigenvalue weighted by molar-refractivity contribution is 5.75. The van der Waals surface area contributed by atoms with E-state index in [1.54, 1.807) is 0 Å². The smallest absolute Gasteiger partial charge is 0.320 e. The number of urea groups is 1. The van der Waals surface area contributed by atoms with Crippen molar-refractivity contribution in [2.75, 3.05) is 32.7 Å². The molecule has 0 atom stereocenters. The molecule has 1 N–H and O–H groups in total. The van der Waals surface area contributed by atoms with Crippen LogP contribution in [0.5, 0.6) is 0 Å². The fourth-order valence-electron chi connectivity index (χ4n) is 2.90. The molecule has 4 heteroatoms. The molecule has 2 heterocycles. The van der Waals surface area contributed by atoms with Crippen LogP contribution in [-0.2, 0) is 13.0 Å². The van der Waals surface area contributed by atoms with Crippen LogP contribution in [0.4, 0.5) is 4.79 Å². The average Bonchev–Trinajstić information content (AvgIpc) is 2.75. The van der Waals surface area contributed by atoms with Crippen molar-refractivity contribution in [2.45, 2.75) is 19.4 Å². The molecule has 0 aromatic heterocycles. The van der Waals surface area contributed by atoms with Gasteiger partial charge in [0.1, 0.15) is 0 Å². The molecular weight excluding hydrogens is 238 g/mol. The van der Waals surface area contributed by atoms with E-state index in [1.165, 1.54) is 11.1 Å². The second kappa shape index (κ2) is 5.61. The predicted octanol–water partition coefficient (Wildman–Crippen LogP) is 1.46. The maximum absolute atomic E-state index is 12.5. The third kappa shape index (κ3) is 2.73. The zero-order valence-electron chi connectivity index (χ0n) is 11.3. The Morgan fingerprint density at radius 3 is 2.74 bits per heavy atom. The number of nitrogens with one attached hydrogen (secondary N) is 1. The largest absolute Gasteiger partial charge is 0.323 e. The van der Waals surface area contributed by atoms with E-state index in [4.69, 9.17) is 0 Å². The van der Waals surface area contributed by atoms with Crippen molar-refractivity contribution in [1.29, 1.82) is 0 Å². The van der Waals surface area contributed by atoms with Crippen molar-refractivity contribution in [3.63, 3.8) is 0 Å². The first-order chi connectivity index (χ1) is 9.34. The van der Waals surface area contributed by atoms with Gasteiger partial charge >= 0.3 is 6.03 Å². The van der Waals surface area contributed by atoms with Crippen LogP contribution < -0.4 is 5.32 Å². The minimum absolute atomic E-state index is 0.207. The van der Waals surface area contributed by atoms with Crippen LogP contribution in [0.25, 0.3) is 0 Å². The topological polar surface area (TPSA) is 35.6 Å². The zero-order chi connectivity index (χ0) is 13.1. The van der Waals surface area contributed by atoms with E-state index in [0.717, 1.165) is 52.1 Å². The molecule has 2 amide bonds. The highest BCUT2D eigenvalue weighted by Gasteiger charge is 2.24. The van der Waals surface area contributed by atoms with E-state index in [1.807, 2.05) is 9.80 Å². The number of fused-ring (bicyclic) bond motifs is 1. The SMILES string of the molecule is O=C(N1CCCNCC1)N1CCc2ccccc2C1. The van der Waals surface area contributed by atoms with Gasteiger partial charge in [0, 0.05) is 32.7 Å². The zero-order valence-corrected chi connectivity index (χ0v) is 11.3. The van der Waals surface area contributed by atoms with Crippen LogP contribution in [0.1, 0.15) is 17.5 Å². The average molecular weight is 259 g/mol. The molecular formula is C15H21N3O. The Morgan fingerprint density at radius 2 is 1.84 bits per heavy atom. The fourth-order valence-corrected chi connectivity index (χ4v) is 2.90. The van der Waals surface area contributed by atoms with Gasteiger partial charge in [-0.2, -0.15) is 0 Å². The van der Waals surface area contributed by atoms with Gasteiger partial charge in [0.15, 0.2) is 0 Å². The van der Waals surface area contributed by atoms with Crippen molar-refractivity contribution in [2.24, 2.45) is 0 Å². The van der Waals surface area contributed by atoms with Gasteiger partial charge in [-0.1, -0.05) is 24.3 Å². The third-order valence-corrected chi connectivity index (χ3v) is 4.01. The Kier molecular flexibility index (Phi) is 3.69. The van der Waals surface area contributed by atoms with Crippen LogP contribution >= 0.6 is 0 Å². The van der Waals surface area contributed by atoms with Crippen LogP contribution in [0.15, 0.2) is 24.3 Å². The van der Waals surface area contributed by atoms with Gasteiger partial charge in [-0.15, -0.1) is 0 Å². The lowest BCUT2D eigenvalue weighted by Gasteiger charge is -2.33. The van der Waals surface area contributed by atoms with Gasteiger partial charge < -0.3 is 15.1 Å². The minimum Gasteiger partial charge on any atom is -0.323 e.